The smallest absolute Gasteiger partial charge is 0.218 e. The molecule has 0 aliphatic heterocycles. The molecule has 0 bridgehead atoms. The molecule has 1 aromatic rings. The fourth-order valence-corrected chi connectivity index (χ4v) is 1.72. The molecule has 1 unspecified atom stereocenters. The van der Waals surface area contributed by atoms with Crippen LogP contribution < -0.4 is 10.1 Å². The Morgan fingerprint density at radius 1 is 1.42 bits per heavy atom. The molecule has 19 heavy (non-hydrogen) atoms. The normalized spacial score (nSPS) is 13.4. The van der Waals surface area contributed by atoms with Gasteiger partial charge in [0.1, 0.15) is 5.82 Å². The lowest BCUT2D eigenvalue weighted by Crippen LogP contribution is -2.35. The van der Waals surface area contributed by atoms with Gasteiger partial charge < -0.3 is 10.1 Å². The third-order valence-electron chi connectivity index (χ3n) is 2.71. The highest BCUT2D eigenvalue weighted by Crippen LogP contribution is 2.19. The van der Waals surface area contributed by atoms with Gasteiger partial charge in [-0.05, 0) is 40.2 Å². The maximum Gasteiger partial charge on any atom is 0.218 e. The summed E-state index contributed by atoms with van der Waals surface area (Å²) in [5.41, 5.74) is 0.733. The highest BCUT2D eigenvalue weighted by Gasteiger charge is 2.14. The van der Waals surface area contributed by atoms with Crippen molar-refractivity contribution in [2.45, 2.75) is 65.6 Å². The highest BCUT2D eigenvalue weighted by molar-refractivity contribution is 5.26. The Kier molecular flexibility index (Phi) is 5.73. The van der Waals surface area contributed by atoms with E-state index in [0.717, 1.165) is 18.4 Å². The average molecular weight is 268 g/mol. The van der Waals surface area contributed by atoms with Crippen LogP contribution in [0.4, 0.5) is 4.39 Å². The van der Waals surface area contributed by atoms with E-state index in [9.17, 15) is 4.39 Å². The minimum atomic E-state index is -0.332. The van der Waals surface area contributed by atoms with Gasteiger partial charge in [-0.25, -0.2) is 9.37 Å². The third-order valence-corrected chi connectivity index (χ3v) is 2.71. The van der Waals surface area contributed by atoms with E-state index < -0.39 is 0 Å². The van der Waals surface area contributed by atoms with E-state index >= 15 is 0 Å². The molecule has 0 saturated heterocycles. The largest absolute Gasteiger partial charge is 0.474 e. The van der Waals surface area contributed by atoms with E-state index in [0.29, 0.717) is 12.4 Å². The molecule has 1 aromatic heterocycles. The Bertz CT molecular complexity index is 402. The lowest BCUT2D eigenvalue weighted by molar-refractivity contribution is 0.198. The van der Waals surface area contributed by atoms with Crippen molar-refractivity contribution in [3.63, 3.8) is 0 Å². The quantitative estimate of drug-likeness (QED) is 0.854. The van der Waals surface area contributed by atoms with Gasteiger partial charge in [0.2, 0.25) is 5.88 Å². The number of rotatable bonds is 6. The molecule has 0 aromatic carbocycles. The SMILES string of the molecule is CCCC(C)Oc1ncc(F)cc1CNC(C)(C)C. The Hall–Kier alpha value is -1.16. The second-order valence-electron chi connectivity index (χ2n) is 5.94. The van der Waals surface area contributed by atoms with Crippen LogP contribution in [0, 0.1) is 5.82 Å². The van der Waals surface area contributed by atoms with Crippen molar-refractivity contribution in [1.29, 1.82) is 0 Å². The molecule has 0 aliphatic carbocycles. The second-order valence-corrected chi connectivity index (χ2v) is 5.94. The van der Waals surface area contributed by atoms with Crippen LogP contribution in [0.3, 0.4) is 0 Å². The van der Waals surface area contributed by atoms with E-state index in [2.05, 4.69) is 38.0 Å². The van der Waals surface area contributed by atoms with Gasteiger partial charge in [0.05, 0.1) is 12.3 Å². The first-order chi connectivity index (χ1) is 8.81. The zero-order valence-corrected chi connectivity index (χ0v) is 12.6. The molecular weight excluding hydrogens is 243 g/mol. The maximum absolute atomic E-state index is 13.3. The lowest BCUT2D eigenvalue weighted by Gasteiger charge is -2.22. The standard InChI is InChI=1S/C15H25FN2O/c1-6-7-11(2)19-14-12(8-13(16)10-17-14)9-18-15(3,4)5/h8,10-11,18H,6-7,9H2,1-5H3. The minimum absolute atomic E-state index is 0.0291. The summed E-state index contributed by atoms with van der Waals surface area (Å²) in [4.78, 5) is 4.06. The molecule has 0 saturated carbocycles. The van der Waals surface area contributed by atoms with Gasteiger partial charge in [0.15, 0.2) is 0 Å². The van der Waals surface area contributed by atoms with Crippen molar-refractivity contribution in [2.24, 2.45) is 0 Å². The Balaban J connectivity index is 2.79. The number of hydrogen-bond donors (Lipinski definition) is 1. The van der Waals surface area contributed by atoms with Crippen LogP contribution in [0.2, 0.25) is 0 Å². The molecule has 1 rings (SSSR count). The summed E-state index contributed by atoms with van der Waals surface area (Å²) in [6, 6.07) is 1.49. The molecule has 0 amide bonds. The molecule has 1 heterocycles. The summed E-state index contributed by atoms with van der Waals surface area (Å²) < 4.78 is 19.1. The van der Waals surface area contributed by atoms with Crippen LogP contribution in [0.5, 0.6) is 5.88 Å². The topological polar surface area (TPSA) is 34.1 Å². The number of pyridine rings is 1. The van der Waals surface area contributed by atoms with E-state index in [1.54, 1.807) is 0 Å². The summed E-state index contributed by atoms with van der Waals surface area (Å²) >= 11 is 0. The number of hydrogen-bond acceptors (Lipinski definition) is 3. The molecule has 1 N–H and O–H groups in total. The monoisotopic (exact) mass is 268 g/mol. The number of halogens is 1. The van der Waals surface area contributed by atoms with Crippen molar-refractivity contribution in [2.75, 3.05) is 0 Å². The first kappa shape index (κ1) is 15.9. The lowest BCUT2D eigenvalue weighted by atomic mass is 10.1. The van der Waals surface area contributed by atoms with Crippen LogP contribution in [-0.4, -0.2) is 16.6 Å². The zero-order valence-electron chi connectivity index (χ0n) is 12.6. The van der Waals surface area contributed by atoms with E-state index in [-0.39, 0.29) is 17.5 Å². The van der Waals surface area contributed by atoms with Crippen LogP contribution in [-0.2, 0) is 6.54 Å². The summed E-state index contributed by atoms with van der Waals surface area (Å²) in [6.07, 6.45) is 3.31. The van der Waals surface area contributed by atoms with Gasteiger partial charge in [-0.2, -0.15) is 0 Å². The van der Waals surface area contributed by atoms with Gasteiger partial charge in [-0.1, -0.05) is 13.3 Å². The van der Waals surface area contributed by atoms with Crippen LogP contribution in [0.15, 0.2) is 12.3 Å². The van der Waals surface area contributed by atoms with E-state index in [1.807, 2.05) is 6.92 Å². The Labute approximate surface area is 115 Å². The highest BCUT2D eigenvalue weighted by atomic mass is 19.1. The van der Waals surface area contributed by atoms with Crippen LogP contribution in [0.25, 0.3) is 0 Å². The molecule has 0 fully saturated rings. The zero-order chi connectivity index (χ0) is 14.5. The van der Waals surface area contributed by atoms with E-state index in [4.69, 9.17) is 4.74 Å². The Morgan fingerprint density at radius 2 is 2.11 bits per heavy atom. The third kappa shape index (κ3) is 6.01. The second kappa shape index (κ2) is 6.85. The fourth-order valence-electron chi connectivity index (χ4n) is 1.72. The van der Waals surface area contributed by atoms with E-state index in [1.165, 1.54) is 12.3 Å². The molecule has 0 radical (unpaired) electrons. The molecule has 0 spiro atoms. The van der Waals surface area contributed by atoms with Gasteiger partial charge in [-0.3, -0.25) is 0 Å². The van der Waals surface area contributed by atoms with Crippen molar-refractivity contribution >= 4 is 0 Å². The van der Waals surface area contributed by atoms with Crippen molar-refractivity contribution in [1.82, 2.24) is 10.3 Å². The number of nitrogens with one attached hydrogen (secondary N) is 1. The van der Waals surface area contributed by atoms with Crippen molar-refractivity contribution in [3.8, 4) is 5.88 Å². The molecule has 108 valence electrons. The van der Waals surface area contributed by atoms with Crippen LogP contribution in [0.1, 0.15) is 53.0 Å². The van der Waals surface area contributed by atoms with Gasteiger partial charge in [0.25, 0.3) is 0 Å². The summed E-state index contributed by atoms with van der Waals surface area (Å²) in [7, 11) is 0. The summed E-state index contributed by atoms with van der Waals surface area (Å²) in [5.74, 6) is 0.195. The number of aromatic nitrogens is 1. The minimum Gasteiger partial charge on any atom is -0.474 e. The number of ether oxygens (including phenoxy) is 1. The number of nitrogens with zero attached hydrogens (tertiary/aromatic N) is 1. The maximum atomic E-state index is 13.3. The van der Waals surface area contributed by atoms with Gasteiger partial charge in [-0.15, -0.1) is 0 Å². The molecule has 1 atom stereocenters. The van der Waals surface area contributed by atoms with Crippen molar-refractivity contribution < 1.29 is 9.13 Å². The first-order valence-electron chi connectivity index (χ1n) is 6.88. The average Bonchev–Trinajstić information content (AvgIpc) is 2.29. The molecular formula is C15H25FN2O. The first-order valence-corrected chi connectivity index (χ1v) is 6.88. The molecule has 4 heteroatoms. The predicted octanol–water partition coefficient (Wildman–Crippen LogP) is 3.68. The van der Waals surface area contributed by atoms with Crippen LogP contribution >= 0.6 is 0 Å². The molecule has 3 nitrogen and oxygen atoms in total. The fraction of sp³-hybridized carbons (Fsp3) is 0.667. The molecule has 0 aliphatic rings. The van der Waals surface area contributed by atoms with Crippen molar-refractivity contribution in [3.05, 3.63) is 23.6 Å². The van der Waals surface area contributed by atoms with Gasteiger partial charge >= 0.3 is 0 Å². The summed E-state index contributed by atoms with van der Waals surface area (Å²) in [5, 5.41) is 3.32. The van der Waals surface area contributed by atoms with Gasteiger partial charge in [0, 0.05) is 17.6 Å². The Morgan fingerprint density at radius 3 is 2.68 bits per heavy atom. The predicted molar refractivity (Wildman–Crippen MR) is 75.8 cm³/mol. The summed E-state index contributed by atoms with van der Waals surface area (Å²) in [6.45, 7) is 10.9.